The Labute approximate surface area is 70.7 Å². The van der Waals surface area contributed by atoms with E-state index in [4.69, 9.17) is 10.5 Å². The highest BCUT2D eigenvalue weighted by atomic mass is 127. The highest BCUT2D eigenvalue weighted by molar-refractivity contribution is 4.53. The van der Waals surface area contributed by atoms with Gasteiger partial charge in [0, 0.05) is 3.07 Å². The smallest absolute Gasteiger partial charge is 0.256 e. The van der Waals surface area contributed by atoms with E-state index in [0.29, 0.717) is 0 Å². The molecule has 0 rings (SSSR count). The van der Waals surface area contributed by atoms with Crippen molar-refractivity contribution < 1.29 is 44.0 Å². The summed E-state index contributed by atoms with van der Waals surface area (Å²) in [4.78, 5) is 0. The van der Waals surface area contributed by atoms with E-state index in [-0.39, 0.29) is 0 Å². The first-order valence-electron chi connectivity index (χ1n) is 2.52. The third-order valence-electron chi connectivity index (χ3n) is 0.326. The highest BCUT2D eigenvalue weighted by Gasteiger charge is 2.36. The molecule has 6 nitrogen and oxygen atoms in total. The third-order valence-corrected chi connectivity index (χ3v) is 2.19. The van der Waals surface area contributed by atoms with Crippen LogP contribution in [0.2, 0.25) is 0 Å². The zero-order valence-electron chi connectivity index (χ0n) is 6.41. The maximum absolute atomic E-state index is 9.97. The van der Waals surface area contributed by atoms with Crippen LogP contribution in [0.25, 0.3) is 0 Å². The van der Waals surface area contributed by atoms with Gasteiger partial charge >= 0.3 is 20.1 Å². The molecule has 0 bridgehead atoms. The lowest BCUT2D eigenvalue weighted by atomic mass is 10.2. The van der Waals surface area contributed by atoms with Gasteiger partial charge in [-0.1, -0.05) is 0 Å². The van der Waals surface area contributed by atoms with E-state index in [9.17, 15) is 10.3 Å². The Bertz CT molecular complexity index is 79.7. The Balaban J connectivity index is 0. The Morgan fingerprint density at radius 1 is 1.09 bits per heavy atom. The van der Waals surface area contributed by atoms with Crippen molar-refractivity contribution in [2.75, 3.05) is 0 Å². The maximum atomic E-state index is 9.97. The van der Waals surface area contributed by atoms with Gasteiger partial charge in [-0.3, -0.25) is 20.8 Å². The molecule has 2 N–H and O–H groups in total. The molecule has 0 fully saturated rings. The summed E-state index contributed by atoms with van der Waals surface area (Å²) in [6.45, 7) is 4.54. The lowest BCUT2D eigenvalue weighted by molar-refractivity contribution is -1.92. The van der Waals surface area contributed by atoms with Crippen molar-refractivity contribution in [2.45, 2.75) is 26.4 Å². The highest BCUT2D eigenvalue weighted by Crippen LogP contribution is 1.98. The minimum absolute atomic E-state index is 0.873. The molecule has 0 saturated heterocycles. The van der Waals surface area contributed by atoms with Gasteiger partial charge in [-0.25, -0.2) is 0 Å². The summed E-state index contributed by atoms with van der Waals surface area (Å²) in [7, 11) is 0. The molecule has 0 aromatic carbocycles. The molecule has 0 aromatic rings. The molecule has 0 spiro atoms. The molecule has 0 aliphatic carbocycles. The molecule has 11 heavy (non-hydrogen) atoms. The van der Waals surface area contributed by atoms with E-state index in [1.807, 2.05) is 0 Å². The normalized spacial score (nSPS) is 12.0. The molecule has 0 saturated carbocycles. The number of hydrogen-bond acceptors (Lipinski definition) is 6. The summed E-state index contributed by atoms with van der Waals surface area (Å²) in [5.41, 5.74) is -0.873. The van der Waals surface area contributed by atoms with E-state index in [0.717, 1.165) is 0 Å². The minimum atomic E-state index is -5.42. The van der Waals surface area contributed by atoms with Gasteiger partial charge < -0.3 is 0 Å². The number of halogens is 1. The lowest BCUT2D eigenvalue weighted by Gasteiger charge is -2.14. The molecule has 0 aromatic heterocycles. The fraction of sp³-hybridized carbons (Fsp3) is 1.00. The van der Waals surface area contributed by atoms with Gasteiger partial charge in [0.05, 0.1) is 0 Å². The fourth-order valence-electron chi connectivity index (χ4n) is 0.283. The summed E-state index contributed by atoms with van der Waals surface area (Å²) >= 11 is -5.42. The summed E-state index contributed by atoms with van der Waals surface area (Å²) in [5, 5.41) is 12.0. The molecule has 0 aliphatic rings. The standard InChI is InChI=1S/C4H9IO4.H2O2/c1-4(2,3)9-5(6,7)8;1-2/h1-3H3;1-2H. The SMILES string of the molecule is CC(C)(C)O[I+3]([O-])([O-])[O-].OO. The van der Waals surface area contributed by atoms with Crippen LogP contribution in [0.3, 0.4) is 0 Å². The summed E-state index contributed by atoms with van der Waals surface area (Å²) in [5.74, 6) is 0. The Morgan fingerprint density at radius 3 is 1.36 bits per heavy atom. The average molecular weight is 282 g/mol. The molecule has 70 valence electrons. The first-order valence-corrected chi connectivity index (χ1v) is 6.04. The van der Waals surface area contributed by atoms with Crippen LogP contribution in [-0.2, 0) is 3.07 Å². The van der Waals surface area contributed by atoms with Crippen LogP contribution in [0.1, 0.15) is 20.8 Å². The molecule has 0 radical (unpaired) electrons. The van der Waals surface area contributed by atoms with Crippen LogP contribution in [0, 0.1) is 0 Å². The van der Waals surface area contributed by atoms with Crippen LogP contribution in [0.15, 0.2) is 0 Å². The van der Waals surface area contributed by atoms with Crippen molar-refractivity contribution in [3.8, 4) is 0 Å². The molecule has 0 unspecified atom stereocenters. The van der Waals surface area contributed by atoms with E-state index in [2.05, 4.69) is 3.07 Å². The molecule has 0 heterocycles. The number of hydrogen-bond donors (Lipinski definition) is 2. The van der Waals surface area contributed by atoms with Crippen molar-refractivity contribution in [1.29, 1.82) is 0 Å². The monoisotopic (exact) mass is 282 g/mol. The lowest BCUT2D eigenvalue weighted by Crippen LogP contribution is -4.24. The van der Waals surface area contributed by atoms with Crippen LogP contribution in [0.5, 0.6) is 0 Å². The fourth-order valence-corrected chi connectivity index (χ4v) is 1.90. The van der Waals surface area contributed by atoms with Gasteiger partial charge in [-0.15, -0.1) is 0 Å². The second kappa shape index (κ2) is 5.19. The van der Waals surface area contributed by atoms with E-state index >= 15 is 0 Å². The predicted octanol–water partition coefficient (Wildman–Crippen LogP) is -5.28. The topological polar surface area (TPSA) is 119 Å². The van der Waals surface area contributed by atoms with Gasteiger partial charge in [-0.05, 0) is 20.8 Å². The van der Waals surface area contributed by atoms with E-state index in [1.165, 1.54) is 20.8 Å². The second-order valence-corrected chi connectivity index (χ2v) is 5.17. The second-order valence-electron chi connectivity index (χ2n) is 2.57. The molecular formula is C4H11IO6. The molecule has 0 atom stereocenters. The predicted molar refractivity (Wildman–Crippen MR) is 26.1 cm³/mol. The Morgan fingerprint density at radius 2 is 1.36 bits per heavy atom. The molecular weight excluding hydrogens is 271 g/mol. The number of rotatable bonds is 1. The quantitative estimate of drug-likeness (QED) is 0.282. The average Bonchev–Trinajstić information content (AvgIpc) is 1.60. The molecule has 0 aliphatic heterocycles. The first-order chi connectivity index (χ1) is 4.71. The van der Waals surface area contributed by atoms with Gasteiger partial charge in [-0.2, -0.15) is 0 Å². The van der Waals surface area contributed by atoms with Gasteiger partial charge in [0.1, 0.15) is 0 Å². The summed E-state index contributed by atoms with van der Waals surface area (Å²) < 4.78 is 34.0. The maximum Gasteiger partial charge on any atom is 0.373 e. The van der Waals surface area contributed by atoms with Gasteiger partial charge in [0.15, 0.2) is 5.60 Å². The van der Waals surface area contributed by atoms with Crippen molar-refractivity contribution in [2.24, 2.45) is 0 Å². The molecule has 7 heteroatoms. The first kappa shape index (κ1) is 14.0. The van der Waals surface area contributed by atoms with Crippen LogP contribution < -0.4 is 30.4 Å². The van der Waals surface area contributed by atoms with Crippen molar-refractivity contribution in [3.05, 3.63) is 0 Å². The van der Waals surface area contributed by atoms with E-state index in [1.54, 1.807) is 0 Å². The zero-order chi connectivity index (χ0) is 9.71. The van der Waals surface area contributed by atoms with Gasteiger partial charge in [0.25, 0.3) is 0 Å². The van der Waals surface area contributed by atoms with Crippen LogP contribution in [-0.4, -0.2) is 16.1 Å². The van der Waals surface area contributed by atoms with Crippen molar-refractivity contribution in [3.63, 3.8) is 0 Å². The van der Waals surface area contributed by atoms with Crippen molar-refractivity contribution in [1.82, 2.24) is 0 Å². The van der Waals surface area contributed by atoms with Crippen molar-refractivity contribution >= 4 is 0 Å². The molecule has 0 amide bonds. The summed E-state index contributed by atoms with van der Waals surface area (Å²) in [6.07, 6.45) is 0. The van der Waals surface area contributed by atoms with Gasteiger partial charge in [0.2, 0.25) is 0 Å². The Kier molecular flexibility index (Phi) is 6.63. The zero-order valence-corrected chi connectivity index (χ0v) is 8.56. The van der Waals surface area contributed by atoms with Crippen LogP contribution in [0.4, 0.5) is 0 Å². The largest absolute Gasteiger partial charge is 0.373 e. The Hall–Kier alpha value is 0.490. The summed E-state index contributed by atoms with van der Waals surface area (Å²) in [6, 6.07) is 0. The van der Waals surface area contributed by atoms with E-state index < -0.39 is 25.7 Å². The van der Waals surface area contributed by atoms with Crippen LogP contribution >= 0.6 is 0 Å². The third kappa shape index (κ3) is 18.0. The minimum Gasteiger partial charge on any atom is -0.256 e.